The second-order valence-electron chi connectivity index (χ2n) is 5.07. The Balaban J connectivity index is 2.12. The summed E-state index contributed by atoms with van der Waals surface area (Å²) in [5.41, 5.74) is 3.49. The summed E-state index contributed by atoms with van der Waals surface area (Å²) in [7, 11) is 0. The number of carbonyl (C=O) groups is 1. The van der Waals surface area contributed by atoms with Gasteiger partial charge in [-0.2, -0.15) is 13.2 Å². The molecule has 0 spiro atoms. The molecule has 0 saturated heterocycles. The van der Waals surface area contributed by atoms with E-state index < -0.39 is 17.6 Å². The Labute approximate surface area is 117 Å². The Morgan fingerprint density at radius 3 is 2.50 bits per heavy atom. The van der Waals surface area contributed by atoms with Gasteiger partial charge in [-0.15, -0.1) is 0 Å². The Kier molecular flexibility index (Phi) is 3.57. The molecule has 0 unspecified atom stereocenters. The molecule has 112 valence electrons. The SMILES string of the molecule is CC(C)Nc1nc(N)c(C(=O)NC2(C(F)(F)F)CC2)s1. The molecule has 5 nitrogen and oxygen atoms in total. The monoisotopic (exact) mass is 308 g/mol. The normalized spacial score (nSPS) is 17.1. The highest BCUT2D eigenvalue weighted by Gasteiger charge is 2.64. The van der Waals surface area contributed by atoms with Crippen molar-refractivity contribution in [2.45, 2.75) is 44.4 Å². The van der Waals surface area contributed by atoms with E-state index in [2.05, 4.69) is 10.3 Å². The van der Waals surface area contributed by atoms with Crippen LogP contribution in [0, 0.1) is 0 Å². The Morgan fingerprint density at radius 2 is 2.05 bits per heavy atom. The number of hydrogen-bond donors (Lipinski definition) is 3. The van der Waals surface area contributed by atoms with E-state index in [1.807, 2.05) is 19.2 Å². The molecule has 1 aliphatic carbocycles. The first-order chi connectivity index (χ1) is 9.14. The summed E-state index contributed by atoms with van der Waals surface area (Å²) in [6, 6.07) is 0.0846. The number of hydrogen-bond acceptors (Lipinski definition) is 5. The highest BCUT2D eigenvalue weighted by atomic mass is 32.1. The van der Waals surface area contributed by atoms with Gasteiger partial charge in [0.1, 0.15) is 16.2 Å². The third-order valence-corrected chi connectivity index (χ3v) is 3.92. The molecule has 1 heterocycles. The lowest BCUT2D eigenvalue weighted by molar-refractivity contribution is -0.163. The smallest absolute Gasteiger partial charge is 0.382 e. The maximum Gasteiger partial charge on any atom is 0.411 e. The van der Waals surface area contributed by atoms with Gasteiger partial charge in [0.05, 0.1) is 0 Å². The van der Waals surface area contributed by atoms with Crippen LogP contribution in [0.15, 0.2) is 0 Å². The highest BCUT2D eigenvalue weighted by molar-refractivity contribution is 7.18. The van der Waals surface area contributed by atoms with E-state index in [1.54, 1.807) is 0 Å². The van der Waals surface area contributed by atoms with E-state index in [0.717, 1.165) is 11.3 Å². The van der Waals surface area contributed by atoms with Crippen LogP contribution in [-0.4, -0.2) is 28.6 Å². The molecule has 0 aliphatic heterocycles. The highest BCUT2D eigenvalue weighted by Crippen LogP contribution is 2.49. The third-order valence-electron chi connectivity index (χ3n) is 2.92. The summed E-state index contributed by atoms with van der Waals surface area (Å²) < 4.78 is 38.3. The largest absolute Gasteiger partial charge is 0.411 e. The van der Waals surface area contributed by atoms with E-state index in [9.17, 15) is 18.0 Å². The average molecular weight is 308 g/mol. The van der Waals surface area contributed by atoms with Crippen molar-refractivity contribution in [3.05, 3.63) is 4.88 Å². The van der Waals surface area contributed by atoms with Crippen molar-refractivity contribution in [1.82, 2.24) is 10.3 Å². The van der Waals surface area contributed by atoms with Gasteiger partial charge < -0.3 is 16.4 Å². The number of amides is 1. The number of aromatic nitrogens is 1. The summed E-state index contributed by atoms with van der Waals surface area (Å²) in [4.78, 5) is 15.8. The van der Waals surface area contributed by atoms with Crippen LogP contribution in [0.3, 0.4) is 0 Å². The number of rotatable bonds is 4. The molecule has 1 aromatic heterocycles. The number of nitrogen functional groups attached to an aromatic ring is 1. The Morgan fingerprint density at radius 1 is 1.45 bits per heavy atom. The van der Waals surface area contributed by atoms with Crippen LogP contribution in [0.25, 0.3) is 0 Å². The fraction of sp³-hybridized carbons (Fsp3) is 0.636. The lowest BCUT2D eigenvalue weighted by Crippen LogP contribution is -2.47. The maximum absolute atomic E-state index is 12.8. The van der Waals surface area contributed by atoms with Crippen LogP contribution in [0.1, 0.15) is 36.4 Å². The predicted octanol–water partition coefficient (Wildman–Crippen LogP) is 2.37. The van der Waals surface area contributed by atoms with E-state index in [1.165, 1.54) is 0 Å². The average Bonchev–Trinajstić information content (AvgIpc) is 2.96. The molecule has 1 amide bonds. The molecule has 1 aliphatic rings. The first-order valence-electron chi connectivity index (χ1n) is 6.07. The number of carbonyl (C=O) groups excluding carboxylic acids is 1. The standard InChI is InChI=1S/C11H15F3N4OS/c1-5(2)16-9-17-7(15)6(20-9)8(19)18-10(3-4-10)11(12,13)14/h5H,3-4,15H2,1-2H3,(H,16,17)(H,18,19). The van der Waals surface area contributed by atoms with Gasteiger partial charge in [0.15, 0.2) is 5.13 Å². The van der Waals surface area contributed by atoms with Gasteiger partial charge in [0, 0.05) is 6.04 Å². The molecule has 1 aromatic rings. The first-order valence-corrected chi connectivity index (χ1v) is 6.88. The van der Waals surface area contributed by atoms with E-state index in [4.69, 9.17) is 5.73 Å². The lowest BCUT2D eigenvalue weighted by atomic mass is 10.2. The van der Waals surface area contributed by atoms with Crippen LogP contribution in [0.5, 0.6) is 0 Å². The minimum absolute atomic E-state index is 0.00340. The number of nitrogens with one attached hydrogen (secondary N) is 2. The van der Waals surface area contributed by atoms with Crippen molar-refractivity contribution in [3.63, 3.8) is 0 Å². The summed E-state index contributed by atoms with van der Waals surface area (Å²) >= 11 is 0.948. The molecule has 1 fully saturated rings. The summed E-state index contributed by atoms with van der Waals surface area (Å²) in [6.45, 7) is 3.75. The van der Waals surface area contributed by atoms with Gasteiger partial charge in [-0.25, -0.2) is 4.98 Å². The molecule has 4 N–H and O–H groups in total. The molecule has 0 radical (unpaired) electrons. The Bertz CT molecular complexity index is 522. The van der Waals surface area contributed by atoms with Crippen molar-refractivity contribution in [3.8, 4) is 0 Å². The molecule has 20 heavy (non-hydrogen) atoms. The number of anilines is 2. The fourth-order valence-corrected chi connectivity index (χ4v) is 2.61. The number of alkyl halides is 3. The number of nitrogens with two attached hydrogens (primary N) is 1. The molecular formula is C11H15F3N4OS. The van der Waals surface area contributed by atoms with Crippen LogP contribution < -0.4 is 16.4 Å². The molecule has 0 aromatic carbocycles. The number of halogens is 3. The van der Waals surface area contributed by atoms with Crippen molar-refractivity contribution in [2.24, 2.45) is 0 Å². The van der Waals surface area contributed by atoms with Crippen molar-refractivity contribution in [1.29, 1.82) is 0 Å². The topological polar surface area (TPSA) is 80.0 Å². The second-order valence-corrected chi connectivity index (χ2v) is 6.07. The summed E-state index contributed by atoms with van der Waals surface area (Å²) in [5, 5.41) is 5.40. The summed E-state index contributed by atoms with van der Waals surface area (Å²) in [6.07, 6.45) is -4.64. The van der Waals surface area contributed by atoms with Crippen LogP contribution in [-0.2, 0) is 0 Å². The van der Waals surface area contributed by atoms with Gasteiger partial charge >= 0.3 is 6.18 Å². The molecule has 0 bridgehead atoms. The number of nitrogens with zero attached hydrogens (tertiary/aromatic N) is 1. The van der Waals surface area contributed by atoms with E-state index in [-0.39, 0.29) is 29.6 Å². The maximum atomic E-state index is 12.8. The molecular weight excluding hydrogens is 293 g/mol. The van der Waals surface area contributed by atoms with Gasteiger partial charge in [0.2, 0.25) is 0 Å². The third kappa shape index (κ3) is 2.82. The van der Waals surface area contributed by atoms with Crippen molar-refractivity contribution in [2.75, 3.05) is 11.1 Å². The van der Waals surface area contributed by atoms with E-state index >= 15 is 0 Å². The van der Waals surface area contributed by atoms with E-state index in [0.29, 0.717) is 5.13 Å². The van der Waals surface area contributed by atoms with Gasteiger partial charge in [-0.3, -0.25) is 4.79 Å². The lowest BCUT2D eigenvalue weighted by Gasteiger charge is -2.20. The van der Waals surface area contributed by atoms with Crippen molar-refractivity contribution >= 4 is 28.2 Å². The zero-order valence-electron chi connectivity index (χ0n) is 11.0. The predicted molar refractivity (Wildman–Crippen MR) is 70.8 cm³/mol. The Hall–Kier alpha value is -1.51. The van der Waals surface area contributed by atoms with Gasteiger partial charge in [0.25, 0.3) is 5.91 Å². The van der Waals surface area contributed by atoms with Crippen molar-refractivity contribution < 1.29 is 18.0 Å². The molecule has 2 rings (SSSR count). The minimum Gasteiger partial charge on any atom is -0.382 e. The van der Waals surface area contributed by atoms with Crippen LogP contribution in [0.2, 0.25) is 0 Å². The first kappa shape index (κ1) is 14.9. The fourth-order valence-electron chi connectivity index (χ4n) is 1.68. The minimum atomic E-state index is -4.44. The van der Waals surface area contributed by atoms with Crippen LogP contribution >= 0.6 is 11.3 Å². The van der Waals surface area contributed by atoms with Gasteiger partial charge in [-0.05, 0) is 26.7 Å². The zero-order valence-corrected chi connectivity index (χ0v) is 11.8. The molecule has 1 saturated carbocycles. The van der Waals surface area contributed by atoms with Crippen LogP contribution in [0.4, 0.5) is 24.1 Å². The quantitative estimate of drug-likeness (QED) is 0.798. The molecule has 9 heteroatoms. The van der Waals surface area contributed by atoms with Gasteiger partial charge in [-0.1, -0.05) is 11.3 Å². The zero-order chi connectivity index (χ0) is 15.1. The molecule has 0 atom stereocenters. The second kappa shape index (κ2) is 4.80. The summed E-state index contributed by atoms with van der Waals surface area (Å²) in [5.74, 6) is -0.889. The number of thiazole rings is 1.